The van der Waals surface area contributed by atoms with Crippen LogP contribution in [0.1, 0.15) is 74.9 Å². The minimum absolute atomic E-state index is 0.0989. The normalized spacial score (nSPS) is 13.4. The Bertz CT molecular complexity index is 684. The van der Waals surface area contributed by atoms with Crippen LogP contribution >= 0.6 is 11.6 Å². The quantitative estimate of drug-likeness (QED) is 0.373. The first-order valence-electron chi connectivity index (χ1n) is 9.94. The summed E-state index contributed by atoms with van der Waals surface area (Å²) in [6, 6.07) is 0. The van der Waals surface area contributed by atoms with Gasteiger partial charge in [-0.2, -0.15) is 0 Å². The zero-order chi connectivity index (χ0) is 21.4. The molecule has 2 N–H and O–H groups in total. The van der Waals surface area contributed by atoms with Gasteiger partial charge in [0, 0.05) is 5.56 Å². The Labute approximate surface area is 173 Å². The van der Waals surface area contributed by atoms with Crippen molar-refractivity contribution in [1.29, 1.82) is 0 Å². The van der Waals surface area contributed by atoms with Crippen molar-refractivity contribution in [2.75, 3.05) is 6.61 Å². The predicted molar refractivity (Wildman–Crippen MR) is 111 cm³/mol. The maximum absolute atomic E-state index is 11.5. The highest BCUT2D eigenvalue weighted by atomic mass is 35.5. The number of hydrogen-bond donors (Lipinski definition) is 2. The van der Waals surface area contributed by atoms with Gasteiger partial charge in [-0.25, -0.2) is 0 Å². The van der Waals surface area contributed by atoms with Crippen LogP contribution in [0.15, 0.2) is 0 Å². The van der Waals surface area contributed by atoms with E-state index in [9.17, 15) is 19.8 Å². The van der Waals surface area contributed by atoms with E-state index in [0.29, 0.717) is 42.3 Å². The van der Waals surface area contributed by atoms with Crippen LogP contribution in [0.25, 0.3) is 0 Å². The van der Waals surface area contributed by atoms with Gasteiger partial charge in [-0.05, 0) is 43.6 Å². The van der Waals surface area contributed by atoms with Crippen molar-refractivity contribution in [3.8, 4) is 11.5 Å². The Morgan fingerprint density at radius 2 is 1.61 bits per heavy atom. The fraction of sp³-hybridized carbons (Fsp3) is 0.636. The summed E-state index contributed by atoms with van der Waals surface area (Å²) >= 11 is 6.09. The van der Waals surface area contributed by atoms with E-state index in [0.717, 1.165) is 25.7 Å². The van der Waals surface area contributed by atoms with Gasteiger partial charge in [-0.3, -0.25) is 9.59 Å². The van der Waals surface area contributed by atoms with Gasteiger partial charge in [0.15, 0.2) is 6.29 Å². The van der Waals surface area contributed by atoms with E-state index in [1.807, 2.05) is 13.8 Å². The topological polar surface area (TPSA) is 83.8 Å². The first-order chi connectivity index (χ1) is 13.1. The van der Waals surface area contributed by atoms with E-state index in [-0.39, 0.29) is 34.0 Å². The molecular formula is C22H33ClO5. The second kappa shape index (κ2) is 11.3. The number of ether oxygens (including phenoxy) is 1. The number of carbonyl (C=O) groups excluding carboxylic acids is 2. The average molecular weight is 413 g/mol. The number of rotatable bonds is 11. The lowest BCUT2D eigenvalue weighted by Gasteiger charge is -2.18. The summed E-state index contributed by atoms with van der Waals surface area (Å²) < 4.78 is 5.22. The van der Waals surface area contributed by atoms with Crippen LogP contribution in [-0.4, -0.2) is 29.1 Å². The number of esters is 1. The number of phenols is 2. The summed E-state index contributed by atoms with van der Waals surface area (Å²) in [6.07, 6.45) is 4.60. The monoisotopic (exact) mass is 412 g/mol. The molecular weight excluding hydrogens is 380 g/mol. The fourth-order valence-electron chi connectivity index (χ4n) is 3.04. The molecule has 0 aromatic heterocycles. The molecule has 2 atom stereocenters. The molecule has 0 saturated carbocycles. The third-order valence-electron chi connectivity index (χ3n) is 5.25. The van der Waals surface area contributed by atoms with Crippen molar-refractivity contribution in [2.45, 2.75) is 66.7 Å². The Morgan fingerprint density at radius 3 is 2.14 bits per heavy atom. The number of aromatic hydroxyl groups is 2. The van der Waals surface area contributed by atoms with Crippen LogP contribution in [0, 0.1) is 24.7 Å². The van der Waals surface area contributed by atoms with Gasteiger partial charge in [0.2, 0.25) is 0 Å². The molecule has 0 saturated heterocycles. The van der Waals surface area contributed by atoms with E-state index >= 15 is 0 Å². The highest BCUT2D eigenvalue weighted by Crippen LogP contribution is 2.41. The van der Waals surface area contributed by atoms with Gasteiger partial charge in [0.05, 0.1) is 23.1 Å². The maximum Gasteiger partial charge on any atom is 0.308 e. The largest absolute Gasteiger partial charge is 0.507 e. The number of hydrogen-bond acceptors (Lipinski definition) is 5. The summed E-state index contributed by atoms with van der Waals surface area (Å²) in [4.78, 5) is 22.7. The minimum Gasteiger partial charge on any atom is -0.507 e. The van der Waals surface area contributed by atoms with E-state index in [2.05, 4.69) is 13.8 Å². The Kier molecular flexibility index (Phi) is 9.80. The molecule has 0 aliphatic carbocycles. The van der Waals surface area contributed by atoms with Crippen molar-refractivity contribution in [3.05, 3.63) is 21.7 Å². The SMILES string of the molecule is Cc1c(Cl)c(O)c(CCC(C)CCC(C)CCOC(=O)C(C)C)c(O)c1C=O. The second-order valence-electron chi connectivity index (χ2n) is 8.08. The zero-order valence-corrected chi connectivity index (χ0v) is 18.3. The molecule has 1 rings (SSSR count). The van der Waals surface area contributed by atoms with Gasteiger partial charge in [0.25, 0.3) is 0 Å². The lowest BCUT2D eigenvalue weighted by Crippen LogP contribution is -2.14. The van der Waals surface area contributed by atoms with E-state index in [1.54, 1.807) is 6.92 Å². The van der Waals surface area contributed by atoms with Gasteiger partial charge in [-0.1, -0.05) is 52.1 Å². The Hall–Kier alpha value is -1.75. The van der Waals surface area contributed by atoms with Crippen LogP contribution in [0.5, 0.6) is 11.5 Å². The first-order valence-corrected chi connectivity index (χ1v) is 10.3. The smallest absolute Gasteiger partial charge is 0.308 e. The molecule has 1 aromatic rings. The van der Waals surface area contributed by atoms with E-state index in [1.165, 1.54) is 0 Å². The molecule has 0 radical (unpaired) electrons. The minimum atomic E-state index is -0.179. The lowest BCUT2D eigenvalue weighted by molar-refractivity contribution is -0.147. The summed E-state index contributed by atoms with van der Waals surface area (Å²) in [7, 11) is 0. The van der Waals surface area contributed by atoms with Crippen LogP contribution < -0.4 is 0 Å². The third kappa shape index (κ3) is 6.69. The van der Waals surface area contributed by atoms with Gasteiger partial charge < -0.3 is 14.9 Å². The van der Waals surface area contributed by atoms with Crippen molar-refractivity contribution in [3.63, 3.8) is 0 Å². The molecule has 0 aliphatic rings. The van der Waals surface area contributed by atoms with Crippen molar-refractivity contribution in [2.24, 2.45) is 17.8 Å². The fourth-order valence-corrected chi connectivity index (χ4v) is 3.25. The molecule has 0 spiro atoms. The molecule has 6 heteroatoms. The highest BCUT2D eigenvalue weighted by molar-refractivity contribution is 6.33. The summed E-state index contributed by atoms with van der Waals surface area (Å²) in [5, 5.41) is 20.7. The highest BCUT2D eigenvalue weighted by Gasteiger charge is 2.20. The molecule has 2 unspecified atom stereocenters. The number of benzene rings is 1. The molecule has 1 aromatic carbocycles. The van der Waals surface area contributed by atoms with Crippen LogP contribution in [-0.2, 0) is 16.0 Å². The summed E-state index contributed by atoms with van der Waals surface area (Å²) in [5.41, 5.74) is 0.851. The van der Waals surface area contributed by atoms with Crippen LogP contribution in [0.2, 0.25) is 5.02 Å². The molecule has 0 bridgehead atoms. The van der Waals surface area contributed by atoms with Gasteiger partial charge in [0.1, 0.15) is 11.5 Å². The number of aldehydes is 1. The summed E-state index contributed by atoms with van der Waals surface area (Å²) in [5.74, 6) is 0.237. The average Bonchev–Trinajstić information content (AvgIpc) is 2.64. The molecule has 158 valence electrons. The number of halogens is 1. The molecule has 0 aliphatic heterocycles. The lowest BCUT2D eigenvalue weighted by atomic mass is 9.91. The Morgan fingerprint density at radius 1 is 1.04 bits per heavy atom. The molecule has 0 fully saturated rings. The first kappa shape index (κ1) is 24.3. The maximum atomic E-state index is 11.5. The molecule has 0 heterocycles. The van der Waals surface area contributed by atoms with Crippen LogP contribution in [0.4, 0.5) is 0 Å². The van der Waals surface area contributed by atoms with Crippen molar-refractivity contribution < 1.29 is 24.5 Å². The number of phenolic OH excluding ortho intramolecular Hbond substituents is 2. The van der Waals surface area contributed by atoms with Crippen molar-refractivity contribution in [1.82, 2.24) is 0 Å². The van der Waals surface area contributed by atoms with E-state index < -0.39 is 0 Å². The van der Waals surface area contributed by atoms with Crippen LogP contribution in [0.3, 0.4) is 0 Å². The zero-order valence-electron chi connectivity index (χ0n) is 17.5. The molecule has 5 nitrogen and oxygen atoms in total. The molecule has 0 amide bonds. The standard InChI is InChI=1S/C22H33ClO5/c1-13(2)22(27)28-11-10-15(4)7-6-14(3)8-9-17-20(25)18(12-24)16(5)19(23)21(17)26/h12-15,25-26H,6-11H2,1-5H3. The van der Waals surface area contributed by atoms with E-state index in [4.69, 9.17) is 16.3 Å². The molecule has 28 heavy (non-hydrogen) atoms. The predicted octanol–water partition coefficient (Wildman–Crippen LogP) is 5.45. The van der Waals surface area contributed by atoms with Gasteiger partial charge >= 0.3 is 5.97 Å². The summed E-state index contributed by atoms with van der Waals surface area (Å²) in [6.45, 7) is 9.95. The van der Waals surface area contributed by atoms with Crippen molar-refractivity contribution >= 4 is 23.9 Å². The third-order valence-corrected chi connectivity index (χ3v) is 5.71. The Balaban J connectivity index is 2.51. The number of carbonyl (C=O) groups is 2. The van der Waals surface area contributed by atoms with Gasteiger partial charge in [-0.15, -0.1) is 0 Å². The second-order valence-corrected chi connectivity index (χ2v) is 8.46.